The molecule has 25 heavy (non-hydrogen) atoms. The zero-order valence-corrected chi connectivity index (χ0v) is 13.9. The van der Waals surface area contributed by atoms with Gasteiger partial charge in [-0.1, -0.05) is 11.6 Å². The zero-order valence-electron chi connectivity index (χ0n) is 13.1. The fourth-order valence-electron chi connectivity index (χ4n) is 2.72. The Bertz CT molecular complexity index is 823. The first kappa shape index (κ1) is 16.9. The van der Waals surface area contributed by atoms with E-state index in [1.807, 2.05) is 4.90 Å². The van der Waals surface area contributed by atoms with Crippen LogP contribution in [0.25, 0.3) is 0 Å². The molecule has 2 heterocycles. The van der Waals surface area contributed by atoms with Crippen LogP contribution in [0.15, 0.2) is 30.6 Å². The molecule has 1 aliphatic heterocycles. The lowest BCUT2D eigenvalue weighted by atomic mass is 10.2. The van der Waals surface area contributed by atoms with Gasteiger partial charge in [-0.15, -0.1) is 0 Å². The van der Waals surface area contributed by atoms with Crippen LogP contribution in [-0.4, -0.2) is 51.9 Å². The van der Waals surface area contributed by atoms with Gasteiger partial charge >= 0.3 is 0 Å². The highest BCUT2D eigenvalue weighted by Crippen LogP contribution is 2.31. The van der Waals surface area contributed by atoms with Crippen molar-refractivity contribution < 1.29 is 9.72 Å². The summed E-state index contributed by atoms with van der Waals surface area (Å²) in [6.07, 6.45) is 2.83. The van der Waals surface area contributed by atoms with Gasteiger partial charge < -0.3 is 15.5 Å². The number of rotatable bonds is 3. The van der Waals surface area contributed by atoms with Crippen molar-refractivity contribution in [2.24, 2.45) is 0 Å². The first-order valence-electron chi connectivity index (χ1n) is 7.52. The summed E-state index contributed by atoms with van der Waals surface area (Å²) in [5.41, 5.74) is 6.25. The van der Waals surface area contributed by atoms with Gasteiger partial charge in [-0.3, -0.25) is 14.9 Å². The van der Waals surface area contributed by atoms with Gasteiger partial charge in [0, 0.05) is 49.7 Å². The quantitative estimate of drug-likeness (QED) is 0.650. The molecule has 0 unspecified atom stereocenters. The van der Waals surface area contributed by atoms with Gasteiger partial charge in [-0.2, -0.15) is 0 Å². The number of carbonyl (C=O) groups is 1. The number of nitro benzene ring substituents is 1. The van der Waals surface area contributed by atoms with Crippen molar-refractivity contribution in [3.8, 4) is 0 Å². The average molecular weight is 363 g/mol. The Hall–Kier alpha value is -2.94. The third kappa shape index (κ3) is 3.45. The highest BCUT2D eigenvalue weighted by molar-refractivity contribution is 6.30. The maximum atomic E-state index is 12.5. The molecule has 1 aromatic heterocycles. The largest absolute Gasteiger partial charge is 0.382 e. The van der Waals surface area contributed by atoms with Crippen LogP contribution in [0.2, 0.25) is 5.02 Å². The Morgan fingerprint density at radius 2 is 1.88 bits per heavy atom. The molecule has 0 radical (unpaired) electrons. The predicted octanol–water partition coefficient (Wildman–Crippen LogP) is 1.58. The smallest absolute Gasteiger partial charge is 0.294 e. The molecule has 1 aromatic carbocycles. The van der Waals surface area contributed by atoms with Crippen LogP contribution >= 0.6 is 11.6 Å². The summed E-state index contributed by atoms with van der Waals surface area (Å²) in [4.78, 5) is 34.6. The van der Waals surface area contributed by atoms with Crippen molar-refractivity contribution in [3.05, 3.63) is 51.4 Å². The number of carbonyl (C=O) groups excluding carboxylic acids is 1. The number of benzene rings is 1. The van der Waals surface area contributed by atoms with E-state index in [9.17, 15) is 14.9 Å². The maximum absolute atomic E-state index is 12.5. The van der Waals surface area contributed by atoms with Gasteiger partial charge in [0.1, 0.15) is 5.69 Å². The van der Waals surface area contributed by atoms with Crippen LogP contribution in [-0.2, 0) is 0 Å². The van der Waals surface area contributed by atoms with E-state index in [0.717, 1.165) is 0 Å². The molecule has 0 aliphatic carbocycles. The van der Waals surface area contributed by atoms with Gasteiger partial charge in [0.25, 0.3) is 11.6 Å². The van der Waals surface area contributed by atoms with Crippen molar-refractivity contribution >= 4 is 34.7 Å². The summed E-state index contributed by atoms with van der Waals surface area (Å²) in [7, 11) is 0. The first-order valence-corrected chi connectivity index (χ1v) is 7.90. The number of piperazine rings is 1. The normalized spacial score (nSPS) is 14.4. The number of nitrogens with two attached hydrogens (primary N) is 1. The van der Waals surface area contributed by atoms with E-state index >= 15 is 0 Å². The number of aromatic nitrogens is 2. The van der Waals surface area contributed by atoms with E-state index in [-0.39, 0.29) is 23.1 Å². The number of nitro groups is 1. The molecular formula is C15H15ClN6O3. The Balaban J connectivity index is 1.74. The number of nitrogens with zero attached hydrogens (tertiary/aromatic N) is 5. The zero-order chi connectivity index (χ0) is 18.0. The number of amides is 1. The summed E-state index contributed by atoms with van der Waals surface area (Å²) in [5.74, 6) is -0.209. The van der Waals surface area contributed by atoms with E-state index < -0.39 is 4.92 Å². The highest BCUT2D eigenvalue weighted by Gasteiger charge is 2.27. The summed E-state index contributed by atoms with van der Waals surface area (Å²) in [6, 6.07) is 4.56. The lowest BCUT2D eigenvalue weighted by molar-refractivity contribution is -0.384. The highest BCUT2D eigenvalue weighted by atomic mass is 35.5. The molecule has 2 N–H and O–H groups in total. The molecule has 3 rings (SSSR count). The van der Waals surface area contributed by atoms with Gasteiger partial charge in [0.2, 0.25) is 0 Å². The molecule has 1 amide bonds. The number of nitrogen functional groups attached to an aromatic ring is 1. The van der Waals surface area contributed by atoms with Crippen molar-refractivity contribution in [1.82, 2.24) is 14.9 Å². The fourth-order valence-corrected chi connectivity index (χ4v) is 2.89. The van der Waals surface area contributed by atoms with Crippen molar-refractivity contribution in [2.75, 3.05) is 36.8 Å². The number of halogens is 1. The second kappa shape index (κ2) is 6.89. The predicted molar refractivity (Wildman–Crippen MR) is 92.7 cm³/mol. The standard InChI is InChI=1S/C15H15ClN6O3/c16-10-1-2-11(12(9-10)22(24)25)20-5-7-21(8-6-20)15(23)13-14(17)19-4-3-18-13/h1-4,9H,5-8H2,(H2,17,19). The molecule has 1 fully saturated rings. The average Bonchev–Trinajstić information content (AvgIpc) is 2.61. The SMILES string of the molecule is Nc1nccnc1C(=O)N1CCN(c2ccc(Cl)cc2[N+](=O)[O-])CC1. The second-order valence-corrected chi connectivity index (χ2v) is 5.90. The van der Waals surface area contributed by atoms with Crippen LogP contribution in [0.1, 0.15) is 10.5 Å². The number of hydrogen-bond donors (Lipinski definition) is 1. The minimum Gasteiger partial charge on any atom is -0.382 e. The molecule has 0 saturated carbocycles. The van der Waals surface area contributed by atoms with Gasteiger partial charge in [0.15, 0.2) is 11.5 Å². The molecular weight excluding hydrogens is 348 g/mol. The second-order valence-electron chi connectivity index (χ2n) is 5.46. The summed E-state index contributed by atoms with van der Waals surface area (Å²) in [5, 5.41) is 11.5. The summed E-state index contributed by atoms with van der Waals surface area (Å²) in [6.45, 7) is 1.70. The van der Waals surface area contributed by atoms with E-state index in [0.29, 0.717) is 36.9 Å². The summed E-state index contributed by atoms with van der Waals surface area (Å²) >= 11 is 5.85. The maximum Gasteiger partial charge on any atom is 0.294 e. The van der Waals surface area contributed by atoms with E-state index in [4.69, 9.17) is 17.3 Å². The van der Waals surface area contributed by atoms with E-state index in [1.54, 1.807) is 17.0 Å². The molecule has 1 saturated heterocycles. The molecule has 130 valence electrons. The van der Waals surface area contributed by atoms with Gasteiger partial charge in [-0.05, 0) is 12.1 Å². The van der Waals surface area contributed by atoms with Gasteiger partial charge in [-0.25, -0.2) is 9.97 Å². The van der Waals surface area contributed by atoms with Crippen molar-refractivity contribution in [1.29, 1.82) is 0 Å². The molecule has 10 heteroatoms. The molecule has 0 atom stereocenters. The molecule has 0 spiro atoms. The number of hydrogen-bond acceptors (Lipinski definition) is 7. The van der Waals surface area contributed by atoms with Crippen molar-refractivity contribution in [2.45, 2.75) is 0 Å². The lowest BCUT2D eigenvalue weighted by Gasteiger charge is -2.35. The van der Waals surface area contributed by atoms with Crippen LogP contribution in [0.3, 0.4) is 0 Å². The van der Waals surface area contributed by atoms with Crippen LogP contribution in [0, 0.1) is 10.1 Å². The van der Waals surface area contributed by atoms with Crippen molar-refractivity contribution in [3.63, 3.8) is 0 Å². The van der Waals surface area contributed by atoms with Crippen LogP contribution in [0.4, 0.5) is 17.2 Å². The Morgan fingerprint density at radius 1 is 1.20 bits per heavy atom. The molecule has 1 aliphatic rings. The minimum atomic E-state index is -0.459. The monoisotopic (exact) mass is 362 g/mol. The van der Waals surface area contributed by atoms with Gasteiger partial charge in [0.05, 0.1) is 4.92 Å². The number of anilines is 2. The van der Waals surface area contributed by atoms with E-state index in [2.05, 4.69) is 9.97 Å². The summed E-state index contributed by atoms with van der Waals surface area (Å²) < 4.78 is 0. The third-order valence-corrected chi connectivity index (χ3v) is 4.21. The first-order chi connectivity index (χ1) is 12.0. The lowest BCUT2D eigenvalue weighted by Crippen LogP contribution is -2.49. The Labute approximate surface area is 148 Å². The minimum absolute atomic E-state index is 0.0505. The van der Waals surface area contributed by atoms with E-state index in [1.165, 1.54) is 18.5 Å². The Kier molecular flexibility index (Phi) is 4.66. The Morgan fingerprint density at radius 3 is 2.52 bits per heavy atom. The third-order valence-electron chi connectivity index (χ3n) is 3.97. The molecule has 2 aromatic rings. The topological polar surface area (TPSA) is 118 Å². The molecule has 9 nitrogen and oxygen atoms in total. The van der Waals surface area contributed by atoms with Crippen LogP contribution < -0.4 is 10.6 Å². The fraction of sp³-hybridized carbons (Fsp3) is 0.267. The van der Waals surface area contributed by atoms with Crippen LogP contribution in [0.5, 0.6) is 0 Å². The molecule has 0 bridgehead atoms.